The second kappa shape index (κ2) is 6.23. The highest BCUT2D eigenvalue weighted by molar-refractivity contribution is 9.11. The van der Waals surface area contributed by atoms with Crippen LogP contribution in [0.4, 0.5) is 5.69 Å². The van der Waals surface area contributed by atoms with Crippen LogP contribution in [0.5, 0.6) is 0 Å². The molecule has 1 rings (SSSR count). The van der Waals surface area contributed by atoms with E-state index in [0.29, 0.717) is 0 Å². The van der Waals surface area contributed by atoms with Crippen molar-refractivity contribution in [2.75, 3.05) is 18.5 Å². The van der Waals surface area contributed by atoms with Crippen molar-refractivity contribution in [2.45, 2.75) is 6.92 Å². The number of hydrogen-bond donors (Lipinski definition) is 2. The van der Waals surface area contributed by atoms with Crippen LogP contribution in [0, 0.1) is 5.92 Å². The van der Waals surface area contributed by atoms with E-state index in [9.17, 15) is 0 Å². The molecule has 0 aliphatic heterocycles. The molecule has 1 atom stereocenters. The molecule has 2 N–H and O–H groups in total. The lowest BCUT2D eigenvalue weighted by atomic mass is 10.2. The van der Waals surface area contributed by atoms with E-state index >= 15 is 0 Å². The molecule has 0 heterocycles. The number of aliphatic hydroxyl groups excluding tert-OH is 1. The Morgan fingerprint density at radius 1 is 1.27 bits per heavy atom. The van der Waals surface area contributed by atoms with Crippen LogP contribution < -0.4 is 5.32 Å². The lowest BCUT2D eigenvalue weighted by molar-refractivity contribution is 0.244. The molecule has 84 valence electrons. The minimum atomic E-state index is 0.193. The average molecular weight is 402 g/mol. The van der Waals surface area contributed by atoms with Gasteiger partial charge in [-0.15, -0.1) is 0 Å². The van der Waals surface area contributed by atoms with Gasteiger partial charge < -0.3 is 10.4 Å². The third-order valence-corrected chi connectivity index (χ3v) is 3.65. The molecule has 15 heavy (non-hydrogen) atoms. The molecule has 5 heteroatoms. The Hall–Kier alpha value is 0.420. The Labute approximate surface area is 115 Å². The first-order chi connectivity index (χ1) is 7.04. The predicted molar refractivity (Wildman–Crippen MR) is 74.3 cm³/mol. The predicted octanol–water partition coefficient (Wildman–Crippen LogP) is 4.01. The number of hydrogen-bond acceptors (Lipinski definition) is 2. The van der Waals surface area contributed by atoms with Gasteiger partial charge in [0.25, 0.3) is 0 Å². The van der Waals surface area contributed by atoms with Gasteiger partial charge >= 0.3 is 0 Å². The number of nitrogens with one attached hydrogen (secondary N) is 1. The van der Waals surface area contributed by atoms with Crippen molar-refractivity contribution in [1.29, 1.82) is 0 Å². The SMILES string of the molecule is CC(CO)CNc1c(Br)cc(Br)cc1Br. The molecule has 1 aromatic carbocycles. The lowest BCUT2D eigenvalue weighted by Crippen LogP contribution is -2.14. The van der Waals surface area contributed by atoms with E-state index in [1.807, 2.05) is 19.1 Å². The zero-order valence-corrected chi connectivity index (χ0v) is 13.0. The maximum absolute atomic E-state index is 8.92. The summed E-state index contributed by atoms with van der Waals surface area (Å²) >= 11 is 10.4. The molecule has 1 aromatic rings. The summed E-state index contributed by atoms with van der Waals surface area (Å²) < 4.78 is 3.00. The number of halogens is 3. The molecule has 0 fully saturated rings. The molecule has 0 aliphatic rings. The third kappa shape index (κ3) is 4.06. The highest BCUT2D eigenvalue weighted by Crippen LogP contribution is 2.34. The molecule has 0 spiro atoms. The Bertz CT molecular complexity index is 320. The van der Waals surface area contributed by atoms with E-state index in [1.54, 1.807) is 0 Å². The van der Waals surface area contributed by atoms with Gasteiger partial charge in [-0.3, -0.25) is 0 Å². The largest absolute Gasteiger partial charge is 0.396 e. The molecule has 0 saturated heterocycles. The van der Waals surface area contributed by atoms with Crippen LogP contribution in [0.15, 0.2) is 25.6 Å². The second-order valence-corrected chi connectivity index (χ2v) is 6.04. The quantitative estimate of drug-likeness (QED) is 0.798. The topological polar surface area (TPSA) is 32.3 Å². The van der Waals surface area contributed by atoms with Crippen LogP contribution in [0.2, 0.25) is 0 Å². The summed E-state index contributed by atoms with van der Waals surface area (Å²) in [6.45, 7) is 2.93. The molecule has 0 aromatic heterocycles. The summed E-state index contributed by atoms with van der Waals surface area (Å²) in [5, 5.41) is 12.2. The maximum atomic E-state index is 8.92. The Balaban J connectivity index is 2.77. The van der Waals surface area contributed by atoms with E-state index in [-0.39, 0.29) is 12.5 Å². The molecule has 0 amide bonds. The van der Waals surface area contributed by atoms with E-state index in [4.69, 9.17) is 5.11 Å². The summed E-state index contributed by atoms with van der Waals surface area (Å²) in [5.41, 5.74) is 1.01. The number of aliphatic hydroxyl groups is 1. The summed E-state index contributed by atoms with van der Waals surface area (Å²) in [6, 6.07) is 3.97. The number of rotatable bonds is 4. The van der Waals surface area contributed by atoms with Gasteiger partial charge in [-0.05, 0) is 49.9 Å². The van der Waals surface area contributed by atoms with Crippen molar-refractivity contribution in [3.05, 3.63) is 25.6 Å². The van der Waals surface area contributed by atoms with Crippen LogP contribution in [0.1, 0.15) is 6.92 Å². The summed E-state index contributed by atoms with van der Waals surface area (Å²) in [7, 11) is 0. The summed E-state index contributed by atoms with van der Waals surface area (Å²) in [6.07, 6.45) is 0. The zero-order chi connectivity index (χ0) is 11.4. The minimum absolute atomic E-state index is 0.193. The van der Waals surface area contributed by atoms with Crippen molar-refractivity contribution in [3.8, 4) is 0 Å². The monoisotopic (exact) mass is 399 g/mol. The fourth-order valence-corrected chi connectivity index (χ4v) is 3.59. The van der Waals surface area contributed by atoms with Crippen LogP contribution in [-0.2, 0) is 0 Å². The minimum Gasteiger partial charge on any atom is -0.396 e. The smallest absolute Gasteiger partial charge is 0.0629 e. The van der Waals surface area contributed by atoms with Crippen LogP contribution in [0.3, 0.4) is 0 Å². The fraction of sp³-hybridized carbons (Fsp3) is 0.400. The molecule has 2 nitrogen and oxygen atoms in total. The van der Waals surface area contributed by atoms with Gasteiger partial charge in [0, 0.05) is 26.6 Å². The Morgan fingerprint density at radius 3 is 2.27 bits per heavy atom. The van der Waals surface area contributed by atoms with E-state index < -0.39 is 0 Å². The van der Waals surface area contributed by atoms with Gasteiger partial charge in [0.1, 0.15) is 0 Å². The van der Waals surface area contributed by atoms with Crippen molar-refractivity contribution in [2.24, 2.45) is 5.92 Å². The average Bonchev–Trinajstić information content (AvgIpc) is 2.15. The van der Waals surface area contributed by atoms with Gasteiger partial charge in [0.15, 0.2) is 0 Å². The van der Waals surface area contributed by atoms with Gasteiger partial charge in [-0.1, -0.05) is 22.9 Å². The van der Waals surface area contributed by atoms with Crippen LogP contribution in [-0.4, -0.2) is 18.3 Å². The van der Waals surface area contributed by atoms with Crippen molar-refractivity contribution in [1.82, 2.24) is 0 Å². The molecular formula is C10H12Br3NO. The zero-order valence-electron chi connectivity index (χ0n) is 8.23. The second-order valence-electron chi connectivity index (χ2n) is 3.41. The van der Waals surface area contributed by atoms with Gasteiger partial charge in [-0.2, -0.15) is 0 Å². The fourth-order valence-electron chi connectivity index (χ4n) is 1.05. The highest BCUT2D eigenvalue weighted by atomic mass is 79.9. The molecule has 0 aliphatic carbocycles. The molecule has 0 bridgehead atoms. The van der Waals surface area contributed by atoms with Crippen LogP contribution in [0.25, 0.3) is 0 Å². The summed E-state index contributed by atoms with van der Waals surface area (Å²) in [5.74, 6) is 0.243. The number of benzene rings is 1. The number of anilines is 1. The molecular weight excluding hydrogens is 390 g/mol. The third-order valence-electron chi connectivity index (χ3n) is 1.95. The summed E-state index contributed by atoms with van der Waals surface area (Å²) in [4.78, 5) is 0. The molecule has 1 unspecified atom stereocenters. The first kappa shape index (κ1) is 13.5. The van der Waals surface area contributed by atoms with E-state index in [1.165, 1.54) is 0 Å². The first-order valence-corrected chi connectivity index (χ1v) is 6.91. The van der Waals surface area contributed by atoms with Crippen molar-refractivity contribution in [3.63, 3.8) is 0 Å². The van der Waals surface area contributed by atoms with Crippen molar-refractivity contribution >= 4 is 53.5 Å². The van der Waals surface area contributed by atoms with Crippen LogP contribution >= 0.6 is 47.8 Å². The standard InChI is InChI=1S/C10H12Br3NO/c1-6(5-15)4-14-10-8(12)2-7(11)3-9(10)13/h2-3,6,14-15H,4-5H2,1H3. The van der Waals surface area contributed by atoms with Gasteiger partial charge in [0.2, 0.25) is 0 Å². The Morgan fingerprint density at radius 2 is 1.80 bits per heavy atom. The maximum Gasteiger partial charge on any atom is 0.0629 e. The molecule has 0 radical (unpaired) electrons. The van der Waals surface area contributed by atoms with Gasteiger partial charge in [-0.25, -0.2) is 0 Å². The molecule has 0 saturated carbocycles. The first-order valence-electron chi connectivity index (χ1n) is 4.54. The normalized spacial score (nSPS) is 12.6. The lowest BCUT2D eigenvalue weighted by Gasteiger charge is -2.14. The van der Waals surface area contributed by atoms with Gasteiger partial charge in [0.05, 0.1) is 5.69 Å². The van der Waals surface area contributed by atoms with E-state index in [2.05, 4.69) is 53.1 Å². The Kier molecular flexibility index (Phi) is 5.60. The van der Waals surface area contributed by atoms with E-state index in [0.717, 1.165) is 25.7 Å². The highest BCUT2D eigenvalue weighted by Gasteiger charge is 2.07. The van der Waals surface area contributed by atoms with Crippen molar-refractivity contribution < 1.29 is 5.11 Å².